The normalized spacial score (nSPS) is 22.6. The molecule has 20 heavy (non-hydrogen) atoms. The minimum Gasteiger partial charge on any atom is -0.312 e. The molecule has 1 fully saturated rings. The zero-order valence-electron chi connectivity index (χ0n) is 11.6. The van der Waals surface area contributed by atoms with Crippen LogP contribution in [0.25, 0.3) is 0 Å². The maximum atomic E-state index is 11.5. The van der Waals surface area contributed by atoms with Crippen LogP contribution in [0.1, 0.15) is 32.6 Å². The zero-order chi connectivity index (χ0) is 14.5. The summed E-state index contributed by atoms with van der Waals surface area (Å²) in [7, 11) is 0. The number of nitrogens with one attached hydrogen (secondary N) is 1. The zero-order valence-corrected chi connectivity index (χ0v) is 11.6. The van der Waals surface area contributed by atoms with Crippen LogP contribution in [0.5, 0.6) is 0 Å². The standard InChI is InChI=1S/C13H20N4O3/c1-10-4-2-3-5-12(10)14-6-7-16-9-11(17(19)20)8-15-13(16)18/h8-10,12,14H,2-7H2,1H3. The van der Waals surface area contributed by atoms with E-state index >= 15 is 0 Å². The highest BCUT2D eigenvalue weighted by Gasteiger charge is 2.20. The molecule has 2 rings (SSSR count). The van der Waals surface area contributed by atoms with Crippen molar-refractivity contribution < 1.29 is 4.92 Å². The molecule has 0 bridgehead atoms. The fourth-order valence-corrected chi connectivity index (χ4v) is 2.69. The minimum absolute atomic E-state index is 0.157. The van der Waals surface area contributed by atoms with Gasteiger partial charge in [0, 0.05) is 19.1 Å². The summed E-state index contributed by atoms with van der Waals surface area (Å²) in [4.78, 5) is 25.2. The molecule has 1 saturated carbocycles. The molecule has 0 amide bonds. The van der Waals surface area contributed by atoms with E-state index in [1.165, 1.54) is 30.0 Å². The Balaban J connectivity index is 1.92. The van der Waals surface area contributed by atoms with Crippen molar-refractivity contribution in [2.75, 3.05) is 6.54 Å². The van der Waals surface area contributed by atoms with Crippen LogP contribution < -0.4 is 11.0 Å². The smallest absolute Gasteiger partial charge is 0.312 e. The lowest BCUT2D eigenvalue weighted by molar-refractivity contribution is -0.385. The van der Waals surface area contributed by atoms with E-state index in [1.807, 2.05) is 0 Å². The lowest BCUT2D eigenvalue weighted by Crippen LogP contribution is -2.39. The van der Waals surface area contributed by atoms with E-state index < -0.39 is 10.6 Å². The van der Waals surface area contributed by atoms with Crippen molar-refractivity contribution in [2.45, 2.75) is 45.2 Å². The molecule has 1 aromatic rings. The molecule has 1 heterocycles. The van der Waals surface area contributed by atoms with E-state index in [4.69, 9.17) is 0 Å². The van der Waals surface area contributed by atoms with Crippen molar-refractivity contribution in [2.24, 2.45) is 5.92 Å². The Bertz CT molecular complexity index is 529. The number of nitro groups is 1. The molecular weight excluding hydrogens is 260 g/mol. The van der Waals surface area contributed by atoms with Gasteiger partial charge < -0.3 is 5.32 Å². The van der Waals surface area contributed by atoms with Crippen LogP contribution in [0, 0.1) is 16.0 Å². The van der Waals surface area contributed by atoms with Crippen LogP contribution in [-0.4, -0.2) is 27.1 Å². The van der Waals surface area contributed by atoms with Crippen molar-refractivity contribution >= 4 is 5.69 Å². The second kappa shape index (κ2) is 6.60. The number of hydrogen-bond donors (Lipinski definition) is 1. The summed E-state index contributed by atoms with van der Waals surface area (Å²) < 4.78 is 1.29. The Hall–Kier alpha value is -1.76. The third kappa shape index (κ3) is 3.63. The van der Waals surface area contributed by atoms with Gasteiger partial charge in [0.05, 0.1) is 11.1 Å². The third-order valence-corrected chi connectivity index (χ3v) is 3.92. The molecule has 1 aliphatic carbocycles. The number of hydrogen-bond acceptors (Lipinski definition) is 5. The maximum Gasteiger partial charge on any atom is 0.348 e. The van der Waals surface area contributed by atoms with Gasteiger partial charge in [0.1, 0.15) is 6.20 Å². The van der Waals surface area contributed by atoms with E-state index in [0.29, 0.717) is 25.0 Å². The molecular formula is C13H20N4O3. The third-order valence-electron chi connectivity index (χ3n) is 3.92. The lowest BCUT2D eigenvalue weighted by atomic mass is 9.86. The minimum atomic E-state index is -0.542. The SMILES string of the molecule is CC1CCCCC1NCCn1cc([N+](=O)[O-])cnc1=O. The summed E-state index contributed by atoms with van der Waals surface area (Å²) in [5.74, 6) is 0.642. The average Bonchev–Trinajstić information content (AvgIpc) is 2.42. The van der Waals surface area contributed by atoms with Crippen LogP contribution in [0.2, 0.25) is 0 Å². The molecule has 1 aliphatic rings. The fraction of sp³-hybridized carbons (Fsp3) is 0.692. The Morgan fingerprint density at radius 2 is 2.25 bits per heavy atom. The van der Waals surface area contributed by atoms with Gasteiger partial charge in [-0.15, -0.1) is 0 Å². The van der Waals surface area contributed by atoms with E-state index in [-0.39, 0.29) is 5.69 Å². The first kappa shape index (κ1) is 14.6. The van der Waals surface area contributed by atoms with Gasteiger partial charge in [-0.1, -0.05) is 19.8 Å². The summed E-state index contributed by atoms with van der Waals surface area (Å²) in [6.07, 6.45) is 7.16. The average molecular weight is 280 g/mol. The summed E-state index contributed by atoms with van der Waals surface area (Å²) in [6, 6.07) is 0.478. The van der Waals surface area contributed by atoms with Crippen LogP contribution in [0.3, 0.4) is 0 Å². The molecule has 0 radical (unpaired) electrons. The maximum absolute atomic E-state index is 11.5. The quantitative estimate of drug-likeness (QED) is 0.649. The predicted octanol–water partition coefficient (Wildman–Crippen LogP) is 1.32. The first-order chi connectivity index (χ1) is 9.58. The first-order valence-electron chi connectivity index (χ1n) is 7.02. The second-order valence-corrected chi connectivity index (χ2v) is 5.37. The van der Waals surface area contributed by atoms with Gasteiger partial charge in [0.2, 0.25) is 0 Å². The molecule has 0 saturated heterocycles. The molecule has 110 valence electrons. The van der Waals surface area contributed by atoms with Gasteiger partial charge in [0.25, 0.3) is 0 Å². The highest BCUT2D eigenvalue weighted by molar-refractivity contribution is 5.20. The molecule has 1 aromatic heterocycles. The number of nitrogens with zero attached hydrogens (tertiary/aromatic N) is 3. The molecule has 2 unspecified atom stereocenters. The second-order valence-electron chi connectivity index (χ2n) is 5.37. The van der Waals surface area contributed by atoms with Crippen molar-refractivity contribution in [3.05, 3.63) is 33.0 Å². The first-order valence-corrected chi connectivity index (χ1v) is 7.02. The van der Waals surface area contributed by atoms with Gasteiger partial charge in [0.15, 0.2) is 0 Å². The van der Waals surface area contributed by atoms with Crippen molar-refractivity contribution in [1.29, 1.82) is 0 Å². The van der Waals surface area contributed by atoms with Gasteiger partial charge in [-0.25, -0.2) is 4.79 Å². The highest BCUT2D eigenvalue weighted by atomic mass is 16.6. The Morgan fingerprint density at radius 3 is 2.95 bits per heavy atom. The van der Waals surface area contributed by atoms with Crippen molar-refractivity contribution in [3.63, 3.8) is 0 Å². The van der Waals surface area contributed by atoms with Gasteiger partial charge in [-0.05, 0) is 18.8 Å². The molecule has 1 N–H and O–H groups in total. The van der Waals surface area contributed by atoms with Crippen molar-refractivity contribution in [1.82, 2.24) is 14.9 Å². The Labute approximate surface area is 117 Å². The molecule has 7 nitrogen and oxygen atoms in total. The van der Waals surface area contributed by atoms with Crippen LogP contribution in [0.4, 0.5) is 5.69 Å². The van der Waals surface area contributed by atoms with Gasteiger partial charge in [-0.3, -0.25) is 14.7 Å². The Morgan fingerprint density at radius 1 is 1.50 bits per heavy atom. The molecule has 0 aromatic carbocycles. The molecule has 7 heteroatoms. The summed E-state index contributed by atoms with van der Waals surface area (Å²) in [5, 5.41) is 14.1. The van der Waals surface area contributed by atoms with Crippen molar-refractivity contribution in [3.8, 4) is 0 Å². The summed E-state index contributed by atoms with van der Waals surface area (Å²) in [6.45, 7) is 3.26. The molecule has 0 aliphatic heterocycles. The van der Waals surface area contributed by atoms with Gasteiger partial charge in [-0.2, -0.15) is 4.98 Å². The number of aromatic nitrogens is 2. The fourth-order valence-electron chi connectivity index (χ4n) is 2.69. The van der Waals surface area contributed by atoms with E-state index in [1.54, 1.807) is 0 Å². The monoisotopic (exact) mass is 280 g/mol. The topological polar surface area (TPSA) is 90.1 Å². The highest BCUT2D eigenvalue weighted by Crippen LogP contribution is 2.23. The van der Waals surface area contributed by atoms with E-state index in [9.17, 15) is 14.9 Å². The van der Waals surface area contributed by atoms with Crippen LogP contribution in [0.15, 0.2) is 17.2 Å². The largest absolute Gasteiger partial charge is 0.348 e. The van der Waals surface area contributed by atoms with Gasteiger partial charge >= 0.3 is 11.4 Å². The predicted molar refractivity (Wildman–Crippen MR) is 74.6 cm³/mol. The molecule has 0 spiro atoms. The van der Waals surface area contributed by atoms with E-state index in [2.05, 4.69) is 17.2 Å². The summed E-state index contributed by atoms with van der Waals surface area (Å²) >= 11 is 0. The lowest BCUT2D eigenvalue weighted by Gasteiger charge is -2.29. The summed E-state index contributed by atoms with van der Waals surface area (Å²) in [5.41, 5.74) is -0.607. The van der Waals surface area contributed by atoms with Crippen LogP contribution in [-0.2, 0) is 6.54 Å². The van der Waals surface area contributed by atoms with E-state index in [0.717, 1.165) is 12.6 Å². The Kier molecular flexibility index (Phi) is 4.84. The van der Waals surface area contributed by atoms with Crippen LogP contribution >= 0.6 is 0 Å². The molecule has 2 atom stereocenters. The number of rotatable bonds is 5.